The molecule has 1 unspecified atom stereocenters. The number of carbonyl (C=O) groups is 2. The second-order valence-electron chi connectivity index (χ2n) is 8.42. The third-order valence-electron chi connectivity index (χ3n) is 5.47. The number of anilines is 2. The first-order chi connectivity index (χ1) is 16.4. The monoisotopic (exact) mass is 514 g/mol. The predicted molar refractivity (Wildman–Crippen MR) is 138 cm³/mol. The molecule has 9 heteroatoms. The summed E-state index contributed by atoms with van der Waals surface area (Å²) in [5.41, 5.74) is 3.01. The summed E-state index contributed by atoms with van der Waals surface area (Å²) < 4.78 is 26.4. The van der Waals surface area contributed by atoms with Crippen LogP contribution in [0.5, 0.6) is 5.75 Å². The van der Waals surface area contributed by atoms with Crippen molar-refractivity contribution >= 4 is 44.6 Å². The van der Waals surface area contributed by atoms with Gasteiger partial charge in [0.1, 0.15) is 11.0 Å². The van der Waals surface area contributed by atoms with Crippen LogP contribution in [0.25, 0.3) is 0 Å². The van der Waals surface area contributed by atoms with Gasteiger partial charge < -0.3 is 15.7 Å². The highest BCUT2D eigenvalue weighted by Gasteiger charge is 2.33. The van der Waals surface area contributed by atoms with E-state index in [9.17, 15) is 23.1 Å². The van der Waals surface area contributed by atoms with Crippen molar-refractivity contribution in [1.29, 1.82) is 0 Å². The molecule has 0 saturated carbocycles. The second-order valence-corrected chi connectivity index (χ2v) is 11.0. The Balaban J connectivity index is 1.82. The van der Waals surface area contributed by atoms with Crippen LogP contribution >= 0.6 is 11.6 Å². The van der Waals surface area contributed by atoms with E-state index in [2.05, 4.69) is 10.6 Å². The van der Waals surface area contributed by atoms with Gasteiger partial charge in [0.25, 0.3) is 5.91 Å². The van der Waals surface area contributed by atoms with E-state index in [1.54, 1.807) is 45.0 Å². The lowest BCUT2D eigenvalue weighted by Crippen LogP contribution is -2.35. The van der Waals surface area contributed by atoms with E-state index >= 15 is 0 Å². The Labute approximate surface area is 210 Å². The maximum absolute atomic E-state index is 13.2. The van der Waals surface area contributed by atoms with Gasteiger partial charge >= 0.3 is 0 Å². The average molecular weight is 515 g/mol. The van der Waals surface area contributed by atoms with Crippen LogP contribution in [0.2, 0.25) is 5.02 Å². The van der Waals surface area contributed by atoms with E-state index < -0.39 is 26.9 Å². The quantitative estimate of drug-likeness (QED) is 0.365. The fourth-order valence-electron chi connectivity index (χ4n) is 3.68. The van der Waals surface area contributed by atoms with Crippen molar-refractivity contribution in [1.82, 2.24) is 0 Å². The smallest absolute Gasteiger partial charge is 0.255 e. The minimum Gasteiger partial charge on any atom is -0.506 e. The molecule has 35 heavy (non-hydrogen) atoms. The molecule has 0 saturated heterocycles. The van der Waals surface area contributed by atoms with Gasteiger partial charge in [0, 0.05) is 11.6 Å². The van der Waals surface area contributed by atoms with Crippen molar-refractivity contribution < 1.29 is 23.1 Å². The number of phenols is 1. The summed E-state index contributed by atoms with van der Waals surface area (Å²) in [5, 5.41) is 14.2. The molecule has 1 atom stereocenters. The third-order valence-corrected chi connectivity index (χ3v) is 7.97. The lowest BCUT2D eigenvalue weighted by atomic mass is 10.1. The van der Waals surface area contributed by atoms with E-state index in [0.717, 1.165) is 16.7 Å². The number of aryl methyl sites for hydroxylation is 3. The number of phenolic OH excluding ortho intramolecular Hbond substituents is 1. The number of carbonyl (C=O) groups excluding carboxylic acids is 2. The van der Waals surface area contributed by atoms with Gasteiger partial charge in [0.05, 0.1) is 21.3 Å². The molecule has 0 heterocycles. The molecule has 7 nitrogen and oxygen atoms in total. The SMILES string of the molecule is CCC(C(=O)Nc1cc(O)c(NC(=O)c2ccc(C)cc2)cc1Cl)S(=O)(=O)c1cc(C)cc(C)c1. The van der Waals surface area contributed by atoms with Crippen molar-refractivity contribution in [3.05, 3.63) is 81.9 Å². The molecule has 184 valence electrons. The summed E-state index contributed by atoms with van der Waals surface area (Å²) in [7, 11) is -3.97. The molecule has 0 aromatic heterocycles. The van der Waals surface area contributed by atoms with Crippen LogP contribution in [0.15, 0.2) is 59.5 Å². The van der Waals surface area contributed by atoms with Crippen molar-refractivity contribution in [2.45, 2.75) is 44.3 Å². The van der Waals surface area contributed by atoms with Gasteiger partial charge in [-0.05, 0) is 68.7 Å². The molecular weight excluding hydrogens is 488 g/mol. The molecule has 3 aromatic rings. The summed E-state index contributed by atoms with van der Waals surface area (Å²) in [6.45, 7) is 7.08. The van der Waals surface area contributed by atoms with E-state index in [1.807, 2.05) is 13.0 Å². The molecule has 0 aliphatic heterocycles. The summed E-state index contributed by atoms with van der Waals surface area (Å²) in [6, 6.07) is 14.2. The zero-order valence-electron chi connectivity index (χ0n) is 19.8. The molecular formula is C26H27ClN2O5S. The van der Waals surface area contributed by atoms with Crippen LogP contribution in [-0.2, 0) is 14.6 Å². The molecule has 0 spiro atoms. The topological polar surface area (TPSA) is 113 Å². The first-order valence-corrected chi connectivity index (χ1v) is 12.9. The molecule has 3 N–H and O–H groups in total. The number of amides is 2. The summed E-state index contributed by atoms with van der Waals surface area (Å²) in [4.78, 5) is 25.5. The highest BCUT2D eigenvalue weighted by molar-refractivity contribution is 7.92. The molecule has 3 rings (SSSR count). The maximum atomic E-state index is 13.2. The minimum atomic E-state index is -3.97. The predicted octanol–water partition coefficient (Wildman–Crippen LogP) is 5.41. The van der Waals surface area contributed by atoms with Gasteiger partial charge in [-0.25, -0.2) is 8.42 Å². The first-order valence-electron chi connectivity index (χ1n) is 11.0. The number of sulfone groups is 1. The number of aromatic hydroxyl groups is 1. The van der Waals surface area contributed by atoms with Crippen LogP contribution in [0.4, 0.5) is 11.4 Å². The van der Waals surface area contributed by atoms with Gasteiger partial charge in [-0.2, -0.15) is 0 Å². The lowest BCUT2D eigenvalue weighted by molar-refractivity contribution is -0.115. The van der Waals surface area contributed by atoms with Crippen molar-refractivity contribution in [3.63, 3.8) is 0 Å². The van der Waals surface area contributed by atoms with Crippen LogP contribution in [0.1, 0.15) is 40.4 Å². The van der Waals surface area contributed by atoms with Gasteiger partial charge in [-0.15, -0.1) is 0 Å². The Hall–Kier alpha value is -3.36. The molecule has 0 aliphatic rings. The Kier molecular flexibility index (Phi) is 7.87. The summed E-state index contributed by atoms with van der Waals surface area (Å²) in [5.74, 6) is -1.56. The number of halogens is 1. The van der Waals surface area contributed by atoms with Crippen LogP contribution in [0, 0.1) is 20.8 Å². The molecule has 0 radical (unpaired) electrons. The number of hydrogen-bond acceptors (Lipinski definition) is 5. The highest BCUT2D eigenvalue weighted by Crippen LogP contribution is 2.35. The molecule has 2 amide bonds. The number of hydrogen-bond donors (Lipinski definition) is 3. The van der Waals surface area contributed by atoms with Gasteiger partial charge in [-0.1, -0.05) is 42.3 Å². The van der Waals surface area contributed by atoms with Crippen molar-refractivity contribution in [2.75, 3.05) is 10.6 Å². The van der Waals surface area contributed by atoms with Gasteiger partial charge in [0.2, 0.25) is 5.91 Å². The number of nitrogens with one attached hydrogen (secondary N) is 2. The molecule has 0 fully saturated rings. The van der Waals surface area contributed by atoms with E-state index in [4.69, 9.17) is 11.6 Å². The van der Waals surface area contributed by atoms with Crippen LogP contribution in [-0.4, -0.2) is 30.6 Å². The van der Waals surface area contributed by atoms with Crippen LogP contribution < -0.4 is 10.6 Å². The standard InChI is InChI=1S/C26H27ClN2O5S/c1-5-24(35(33,34)19-11-16(3)10-17(4)12-19)26(32)28-21-14-23(30)22(13-20(21)27)29-25(31)18-8-6-15(2)7-9-18/h6-14,24,30H,5H2,1-4H3,(H,28,32)(H,29,31). The largest absolute Gasteiger partial charge is 0.506 e. The fraction of sp³-hybridized carbons (Fsp3) is 0.231. The lowest BCUT2D eigenvalue weighted by Gasteiger charge is -2.18. The number of rotatable bonds is 7. The van der Waals surface area contributed by atoms with Gasteiger partial charge in [-0.3, -0.25) is 9.59 Å². The Morgan fingerprint density at radius 3 is 2.06 bits per heavy atom. The normalized spacial score (nSPS) is 12.1. The maximum Gasteiger partial charge on any atom is 0.255 e. The fourth-order valence-corrected chi connectivity index (χ4v) is 5.70. The summed E-state index contributed by atoms with van der Waals surface area (Å²) >= 11 is 6.29. The second kappa shape index (κ2) is 10.5. The van der Waals surface area contributed by atoms with E-state index in [0.29, 0.717) is 5.56 Å². The van der Waals surface area contributed by atoms with E-state index in [1.165, 1.54) is 24.3 Å². The summed E-state index contributed by atoms with van der Waals surface area (Å²) in [6.07, 6.45) is 0.0372. The zero-order chi connectivity index (χ0) is 25.9. The Bertz CT molecular complexity index is 1370. The zero-order valence-corrected chi connectivity index (χ0v) is 21.4. The highest BCUT2D eigenvalue weighted by atomic mass is 35.5. The molecule has 0 bridgehead atoms. The van der Waals surface area contributed by atoms with E-state index in [-0.39, 0.29) is 33.5 Å². The van der Waals surface area contributed by atoms with Crippen LogP contribution in [0.3, 0.4) is 0 Å². The number of benzene rings is 3. The first kappa shape index (κ1) is 26.2. The third kappa shape index (κ3) is 6.01. The Morgan fingerprint density at radius 1 is 0.886 bits per heavy atom. The average Bonchev–Trinajstić information content (AvgIpc) is 2.77. The van der Waals surface area contributed by atoms with Crippen molar-refractivity contribution in [2.24, 2.45) is 0 Å². The van der Waals surface area contributed by atoms with Crippen molar-refractivity contribution in [3.8, 4) is 5.75 Å². The minimum absolute atomic E-state index is 0.0222. The molecule has 0 aliphatic carbocycles. The molecule has 3 aromatic carbocycles. The Morgan fingerprint density at radius 2 is 1.49 bits per heavy atom. The van der Waals surface area contributed by atoms with Gasteiger partial charge in [0.15, 0.2) is 9.84 Å².